The van der Waals surface area contributed by atoms with Crippen LogP contribution in [-0.4, -0.2) is 11.0 Å². The van der Waals surface area contributed by atoms with Crippen molar-refractivity contribution in [1.82, 2.24) is 4.98 Å². The average molecular weight is 185 g/mol. The third kappa shape index (κ3) is 1.48. The molecule has 2 aromatic rings. The van der Waals surface area contributed by atoms with Crippen molar-refractivity contribution in [2.24, 2.45) is 5.73 Å². The molecule has 0 spiro atoms. The fourth-order valence-corrected chi connectivity index (χ4v) is 1.58. The van der Waals surface area contributed by atoms with E-state index in [-0.39, 0.29) is 0 Å². The number of fused-ring (bicyclic) bond motifs is 1. The van der Waals surface area contributed by atoms with Gasteiger partial charge >= 0.3 is 0 Å². The van der Waals surface area contributed by atoms with Gasteiger partial charge < -0.3 is 10.7 Å². The minimum absolute atomic E-state index is 0.422. The fraction of sp³-hybridized carbons (Fsp3) is 0.182. The van der Waals surface area contributed by atoms with E-state index in [4.69, 9.17) is 11.0 Å². The monoisotopic (exact) mass is 185 g/mol. The summed E-state index contributed by atoms with van der Waals surface area (Å²) in [6.07, 6.45) is 2.52. The van der Waals surface area contributed by atoms with Crippen LogP contribution < -0.4 is 5.73 Å². The number of benzene rings is 1. The number of nitrogens with two attached hydrogens (primary N) is 1. The number of para-hydroxylation sites is 1. The van der Waals surface area contributed by atoms with E-state index in [2.05, 4.69) is 4.98 Å². The molecule has 1 aromatic carbocycles. The summed E-state index contributed by atoms with van der Waals surface area (Å²) in [7, 11) is 0. The van der Waals surface area contributed by atoms with E-state index in [0.29, 0.717) is 6.42 Å². The van der Waals surface area contributed by atoms with E-state index >= 15 is 0 Å². The predicted molar refractivity (Wildman–Crippen MR) is 55.6 cm³/mol. The van der Waals surface area contributed by atoms with Crippen LogP contribution >= 0.6 is 0 Å². The second-order valence-corrected chi connectivity index (χ2v) is 3.30. The van der Waals surface area contributed by atoms with Crippen molar-refractivity contribution in [3.8, 4) is 6.07 Å². The largest absolute Gasteiger partial charge is 0.361 e. The summed E-state index contributed by atoms with van der Waals surface area (Å²) in [5.74, 6) is 0. The molecule has 0 aliphatic rings. The summed E-state index contributed by atoms with van der Waals surface area (Å²) in [6, 6.07) is 9.62. The molecule has 14 heavy (non-hydrogen) atoms. The van der Waals surface area contributed by atoms with Crippen molar-refractivity contribution in [2.45, 2.75) is 12.5 Å². The van der Waals surface area contributed by atoms with E-state index in [1.165, 1.54) is 0 Å². The number of nitriles is 1. The first-order valence-corrected chi connectivity index (χ1v) is 4.51. The molecule has 70 valence electrons. The maximum absolute atomic E-state index is 8.62. The van der Waals surface area contributed by atoms with Gasteiger partial charge in [-0.2, -0.15) is 5.26 Å². The van der Waals surface area contributed by atoms with Gasteiger partial charge in [-0.25, -0.2) is 0 Å². The van der Waals surface area contributed by atoms with Gasteiger partial charge in [0.25, 0.3) is 0 Å². The van der Waals surface area contributed by atoms with Gasteiger partial charge in [0.05, 0.1) is 12.1 Å². The van der Waals surface area contributed by atoms with Crippen molar-refractivity contribution in [3.63, 3.8) is 0 Å². The quantitative estimate of drug-likeness (QED) is 0.745. The number of aromatic amines is 1. The highest BCUT2D eigenvalue weighted by Crippen LogP contribution is 2.18. The maximum Gasteiger partial charge on any atom is 0.0969 e. The van der Waals surface area contributed by atoms with Crippen LogP contribution in [-0.2, 0) is 6.42 Å². The summed E-state index contributed by atoms with van der Waals surface area (Å²) in [5.41, 5.74) is 7.78. The zero-order chi connectivity index (χ0) is 9.97. The summed E-state index contributed by atoms with van der Waals surface area (Å²) in [5, 5.41) is 9.77. The van der Waals surface area contributed by atoms with Crippen molar-refractivity contribution < 1.29 is 0 Å². The van der Waals surface area contributed by atoms with Crippen molar-refractivity contribution in [2.75, 3.05) is 0 Å². The Bertz CT molecular complexity index is 478. The number of rotatable bonds is 2. The predicted octanol–water partition coefficient (Wildman–Crippen LogP) is 1.56. The topological polar surface area (TPSA) is 65.6 Å². The van der Waals surface area contributed by atoms with E-state index in [9.17, 15) is 0 Å². The molecule has 0 unspecified atom stereocenters. The van der Waals surface area contributed by atoms with Gasteiger partial charge in [-0.1, -0.05) is 18.2 Å². The van der Waals surface area contributed by atoms with Crippen LogP contribution in [0.1, 0.15) is 5.56 Å². The summed E-state index contributed by atoms with van der Waals surface area (Å²) in [6.45, 7) is 0. The van der Waals surface area contributed by atoms with E-state index in [1.54, 1.807) is 0 Å². The lowest BCUT2D eigenvalue weighted by Gasteiger charge is -2.00. The van der Waals surface area contributed by atoms with Crippen LogP contribution in [0.4, 0.5) is 0 Å². The highest BCUT2D eigenvalue weighted by molar-refractivity contribution is 5.83. The Morgan fingerprint density at radius 1 is 1.43 bits per heavy atom. The molecule has 0 aliphatic heterocycles. The molecule has 1 aromatic heterocycles. The third-order valence-electron chi connectivity index (χ3n) is 2.28. The van der Waals surface area contributed by atoms with Crippen LogP contribution in [0.2, 0.25) is 0 Å². The molecule has 0 saturated heterocycles. The smallest absolute Gasteiger partial charge is 0.0969 e. The lowest BCUT2D eigenvalue weighted by molar-refractivity contribution is 0.827. The average Bonchev–Trinajstić information content (AvgIpc) is 2.62. The number of hydrogen-bond donors (Lipinski definition) is 2. The van der Waals surface area contributed by atoms with Crippen LogP contribution in [0.5, 0.6) is 0 Å². The van der Waals surface area contributed by atoms with Gasteiger partial charge in [-0.3, -0.25) is 0 Å². The minimum atomic E-state index is -0.422. The molecule has 1 heterocycles. The Morgan fingerprint density at radius 3 is 3.00 bits per heavy atom. The second-order valence-electron chi connectivity index (χ2n) is 3.30. The van der Waals surface area contributed by atoms with Crippen LogP contribution in [0.15, 0.2) is 30.5 Å². The van der Waals surface area contributed by atoms with E-state index in [0.717, 1.165) is 16.5 Å². The zero-order valence-electron chi connectivity index (χ0n) is 7.70. The van der Waals surface area contributed by atoms with Crippen molar-refractivity contribution in [1.29, 1.82) is 5.26 Å². The minimum Gasteiger partial charge on any atom is -0.361 e. The van der Waals surface area contributed by atoms with Gasteiger partial charge in [-0.05, 0) is 11.6 Å². The van der Waals surface area contributed by atoms with Gasteiger partial charge in [0.1, 0.15) is 0 Å². The molecule has 2 rings (SSSR count). The Labute approximate surface area is 82.1 Å². The summed E-state index contributed by atoms with van der Waals surface area (Å²) in [4.78, 5) is 3.15. The maximum atomic E-state index is 8.62. The first-order chi connectivity index (χ1) is 6.81. The lowest BCUT2D eigenvalue weighted by Crippen LogP contribution is -2.19. The molecule has 0 aliphatic carbocycles. The molecule has 0 fully saturated rings. The molecule has 0 radical (unpaired) electrons. The number of nitrogens with one attached hydrogen (secondary N) is 1. The molecule has 0 saturated carbocycles. The van der Waals surface area contributed by atoms with Crippen LogP contribution in [0, 0.1) is 11.3 Å². The molecule has 3 nitrogen and oxygen atoms in total. The van der Waals surface area contributed by atoms with Crippen LogP contribution in [0.3, 0.4) is 0 Å². The molecule has 1 atom stereocenters. The van der Waals surface area contributed by atoms with Gasteiger partial charge in [0.15, 0.2) is 0 Å². The normalized spacial score (nSPS) is 12.6. The molecular formula is C11H11N3. The molecule has 3 N–H and O–H groups in total. The van der Waals surface area contributed by atoms with Gasteiger partial charge in [0, 0.05) is 23.5 Å². The summed E-state index contributed by atoms with van der Waals surface area (Å²) < 4.78 is 0. The van der Waals surface area contributed by atoms with Crippen molar-refractivity contribution >= 4 is 10.9 Å². The number of H-pyrrole nitrogens is 1. The molecule has 0 amide bonds. The Balaban J connectivity index is 2.39. The third-order valence-corrected chi connectivity index (χ3v) is 2.28. The van der Waals surface area contributed by atoms with Crippen LogP contribution in [0.25, 0.3) is 10.9 Å². The van der Waals surface area contributed by atoms with Crippen molar-refractivity contribution in [3.05, 3.63) is 36.0 Å². The number of nitrogens with zero attached hydrogens (tertiary/aromatic N) is 1. The van der Waals surface area contributed by atoms with Gasteiger partial charge in [-0.15, -0.1) is 0 Å². The Hall–Kier alpha value is -1.79. The summed E-state index contributed by atoms with van der Waals surface area (Å²) >= 11 is 0. The zero-order valence-corrected chi connectivity index (χ0v) is 7.70. The molecular weight excluding hydrogens is 174 g/mol. The molecule has 0 bridgehead atoms. The molecule has 3 heteroatoms. The lowest BCUT2D eigenvalue weighted by atomic mass is 10.1. The Kier molecular flexibility index (Phi) is 2.21. The fourth-order valence-electron chi connectivity index (χ4n) is 1.58. The van der Waals surface area contributed by atoms with Gasteiger partial charge in [0.2, 0.25) is 0 Å². The highest BCUT2D eigenvalue weighted by atomic mass is 14.7. The second kappa shape index (κ2) is 3.52. The SMILES string of the molecule is N#C[C@@H](N)Cc1c[nH]c2ccccc12. The number of aromatic nitrogens is 1. The van der Waals surface area contributed by atoms with E-state index < -0.39 is 6.04 Å². The first kappa shape index (κ1) is 8.79. The highest BCUT2D eigenvalue weighted by Gasteiger charge is 2.06. The standard InChI is InChI=1S/C11H11N3/c12-6-9(13)5-8-7-14-11-4-2-1-3-10(8)11/h1-4,7,9,14H,5,13H2/t9-/m0/s1. The first-order valence-electron chi connectivity index (χ1n) is 4.51. The Morgan fingerprint density at radius 2 is 2.21 bits per heavy atom. The number of hydrogen-bond acceptors (Lipinski definition) is 2. The van der Waals surface area contributed by atoms with E-state index in [1.807, 2.05) is 36.5 Å².